The van der Waals surface area contributed by atoms with Gasteiger partial charge in [0.25, 0.3) is 0 Å². The molecule has 1 aliphatic rings. The highest BCUT2D eigenvalue weighted by molar-refractivity contribution is 5.38. The minimum absolute atomic E-state index is 0.388. The van der Waals surface area contributed by atoms with E-state index >= 15 is 0 Å². The molecule has 7 heteroatoms. The lowest BCUT2D eigenvalue weighted by Crippen LogP contribution is -2.37. The second-order valence-corrected chi connectivity index (χ2v) is 5.47. The standard InChI is InChI=1S/C14H25N5O2/c1-4-5-15-12-16-13(19-6-8-20-9-7-19)18-14(17-12)21-10-11(2)3/h11H,4-10H2,1-3H3,(H,15,16,17,18). The van der Waals surface area contributed by atoms with Gasteiger partial charge in [-0.1, -0.05) is 20.8 Å². The first kappa shape index (κ1) is 15.8. The SMILES string of the molecule is CCCNc1nc(OCC(C)C)nc(N2CCOCC2)n1. The van der Waals surface area contributed by atoms with E-state index in [2.05, 4.69) is 45.9 Å². The average Bonchev–Trinajstić information content (AvgIpc) is 2.51. The van der Waals surface area contributed by atoms with Gasteiger partial charge in [-0.25, -0.2) is 0 Å². The summed E-state index contributed by atoms with van der Waals surface area (Å²) in [6, 6.07) is 0.388. The van der Waals surface area contributed by atoms with Gasteiger partial charge in [-0.15, -0.1) is 0 Å². The van der Waals surface area contributed by atoms with Gasteiger partial charge in [0.2, 0.25) is 11.9 Å². The number of ether oxygens (including phenoxy) is 2. The number of rotatable bonds is 7. The molecular formula is C14H25N5O2. The van der Waals surface area contributed by atoms with Gasteiger partial charge < -0.3 is 19.7 Å². The summed E-state index contributed by atoms with van der Waals surface area (Å²) in [5, 5.41) is 3.20. The predicted molar refractivity (Wildman–Crippen MR) is 82.0 cm³/mol. The molecule has 0 radical (unpaired) electrons. The first-order valence-corrected chi connectivity index (χ1v) is 7.64. The molecule has 0 atom stereocenters. The molecule has 0 saturated carbocycles. The molecular weight excluding hydrogens is 270 g/mol. The molecule has 1 aromatic rings. The van der Waals surface area contributed by atoms with Crippen LogP contribution in [-0.2, 0) is 4.74 Å². The van der Waals surface area contributed by atoms with Gasteiger partial charge in [0.1, 0.15) is 0 Å². The minimum atomic E-state index is 0.388. The number of nitrogens with zero attached hydrogens (tertiary/aromatic N) is 4. The minimum Gasteiger partial charge on any atom is -0.463 e. The number of hydrogen-bond donors (Lipinski definition) is 1. The summed E-state index contributed by atoms with van der Waals surface area (Å²) < 4.78 is 11.0. The van der Waals surface area contributed by atoms with Crippen LogP contribution < -0.4 is 15.0 Å². The van der Waals surface area contributed by atoms with Gasteiger partial charge in [-0.2, -0.15) is 15.0 Å². The van der Waals surface area contributed by atoms with Crippen LogP contribution in [-0.4, -0.2) is 54.4 Å². The van der Waals surface area contributed by atoms with Crippen LogP contribution in [0.5, 0.6) is 6.01 Å². The predicted octanol–water partition coefficient (Wildman–Crippen LogP) is 1.56. The van der Waals surface area contributed by atoms with Crippen LogP contribution in [0.3, 0.4) is 0 Å². The molecule has 21 heavy (non-hydrogen) atoms. The van der Waals surface area contributed by atoms with Crippen molar-refractivity contribution in [2.24, 2.45) is 5.92 Å². The maximum atomic E-state index is 5.66. The Hall–Kier alpha value is -1.63. The van der Waals surface area contributed by atoms with E-state index in [4.69, 9.17) is 9.47 Å². The summed E-state index contributed by atoms with van der Waals surface area (Å²) >= 11 is 0. The maximum Gasteiger partial charge on any atom is 0.323 e. The van der Waals surface area contributed by atoms with E-state index in [1.165, 1.54) is 0 Å². The van der Waals surface area contributed by atoms with E-state index in [1.54, 1.807) is 0 Å². The van der Waals surface area contributed by atoms with Crippen molar-refractivity contribution in [1.82, 2.24) is 15.0 Å². The van der Waals surface area contributed by atoms with Crippen LogP contribution in [0.15, 0.2) is 0 Å². The van der Waals surface area contributed by atoms with Crippen LogP contribution in [0.1, 0.15) is 27.2 Å². The molecule has 1 fully saturated rings. The Labute approximate surface area is 126 Å². The molecule has 1 aromatic heterocycles. The van der Waals surface area contributed by atoms with Gasteiger partial charge in [-0.3, -0.25) is 0 Å². The topological polar surface area (TPSA) is 72.4 Å². The number of anilines is 2. The van der Waals surface area contributed by atoms with Crippen molar-refractivity contribution in [3.63, 3.8) is 0 Å². The first-order valence-electron chi connectivity index (χ1n) is 7.64. The van der Waals surface area contributed by atoms with Crippen LogP contribution >= 0.6 is 0 Å². The molecule has 1 N–H and O–H groups in total. The maximum absolute atomic E-state index is 5.66. The number of aromatic nitrogens is 3. The lowest BCUT2D eigenvalue weighted by atomic mass is 10.2. The molecule has 2 rings (SSSR count). The second-order valence-electron chi connectivity index (χ2n) is 5.47. The highest BCUT2D eigenvalue weighted by Crippen LogP contribution is 2.16. The molecule has 0 spiro atoms. The number of hydrogen-bond acceptors (Lipinski definition) is 7. The van der Waals surface area contributed by atoms with E-state index < -0.39 is 0 Å². The van der Waals surface area contributed by atoms with Gasteiger partial charge in [0.15, 0.2) is 0 Å². The molecule has 0 aliphatic carbocycles. The van der Waals surface area contributed by atoms with Crippen molar-refractivity contribution >= 4 is 11.9 Å². The molecule has 1 saturated heterocycles. The molecule has 2 heterocycles. The summed E-state index contributed by atoms with van der Waals surface area (Å²) in [6.45, 7) is 10.7. The zero-order valence-electron chi connectivity index (χ0n) is 13.1. The fourth-order valence-corrected chi connectivity index (χ4v) is 1.87. The van der Waals surface area contributed by atoms with Crippen LogP contribution in [0.2, 0.25) is 0 Å². The van der Waals surface area contributed by atoms with Gasteiger partial charge in [0.05, 0.1) is 19.8 Å². The van der Waals surface area contributed by atoms with Crippen molar-refractivity contribution in [1.29, 1.82) is 0 Å². The normalized spacial score (nSPS) is 15.3. The van der Waals surface area contributed by atoms with Crippen molar-refractivity contribution in [3.05, 3.63) is 0 Å². The molecule has 0 aromatic carbocycles. The molecule has 0 unspecified atom stereocenters. The summed E-state index contributed by atoms with van der Waals surface area (Å²) in [5.41, 5.74) is 0. The summed E-state index contributed by atoms with van der Waals surface area (Å²) in [4.78, 5) is 15.3. The molecule has 0 amide bonds. The Morgan fingerprint density at radius 3 is 2.67 bits per heavy atom. The van der Waals surface area contributed by atoms with Crippen molar-refractivity contribution < 1.29 is 9.47 Å². The van der Waals surface area contributed by atoms with Gasteiger partial charge in [-0.05, 0) is 12.3 Å². The van der Waals surface area contributed by atoms with E-state index in [-0.39, 0.29) is 0 Å². The quantitative estimate of drug-likeness (QED) is 0.818. The zero-order valence-corrected chi connectivity index (χ0v) is 13.1. The Morgan fingerprint density at radius 1 is 1.24 bits per heavy atom. The molecule has 118 valence electrons. The van der Waals surface area contributed by atoms with E-state index in [0.29, 0.717) is 43.6 Å². The highest BCUT2D eigenvalue weighted by Gasteiger charge is 2.17. The summed E-state index contributed by atoms with van der Waals surface area (Å²) in [7, 11) is 0. The summed E-state index contributed by atoms with van der Waals surface area (Å²) in [6.07, 6.45) is 1.01. The average molecular weight is 295 g/mol. The number of nitrogens with one attached hydrogen (secondary N) is 1. The Bertz CT molecular complexity index is 435. The Balaban J connectivity index is 2.14. The van der Waals surface area contributed by atoms with E-state index in [0.717, 1.165) is 26.1 Å². The van der Waals surface area contributed by atoms with Crippen LogP contribution in [0.4, 0.5) is 11.9 Å². The fourth-order valence-electron chi connectivity index (χ4n) is 1.87. The third kappa shape index (κ3) is 5.00. The van der Waals surface area contributed by atoms with E-state index in [9.17, 15) is 0 Å². The van der Waals surface area contributed by atoms with Gasteiger partial charge in [0, 0.05) is 19.6 Å². The molecule has 0 bridgehead atoms. The molecule has 1 aliphatic heterocycles. The Kier molecular flexibility index (Phi) is 5.98. The van der Waals surface area contributed by atoms with E-state index in [1.807, 2.05) is 0 Å². The highest BCUT2D eigenvalue weighted by atomic mass is 16.5. The molecule has 7 nitrogen and oxygen atoms in total. The lowest BCUT2D eigenvalue weighted by molar-refractivity contribution is 0.122. The van der Waals surface area contributed by atoms with Gasteiger partial charge >= 0.3 is 6.01 Å². The summed E-state index contributed by atoms with van der Waals surface area (Å²) in [5.74, 6) is 1.67. The monoisotopic (exact) mass is 295 g/mol. The smallest absolute Gasteiger partial charge is 0.323 e. The lowest BCUT2D eigenvalue weighted by Gasteiger charge is -2.27. The largest absolute Gasteiger partial charge is 0.463 e. The third-order valence-electron chi connectivity index (χ3n) is 2.98. The van der Waals surface area contributed by atoms with Crippen molar-refractivity contribution in [2.75, 3.05) is 49.7 Å². The van der Waals surface area contributed by atoms with Crippen molar-refractivity contribution in [3.8, 4) is 6.01 Å². The van der Waals surface area contributed by atoms with Crippen LogP contribution in [0.25, 0.3) is 0 Å². The Morgan fingerprint density at radius 2 is 2.00 bits per heavy atom. The second kappa shape index (κ2) is 7.97. The fraction of sp³-hybridized carbons (Fsp3) is 0.786. The first-order chi connectivity index (χ1) is 10.2. The zero-order chi connectivity index (χ0) is 15.1. The van der Waals surface area contributed by atoms with Crippen molar-refractivity contribution in [2.45, 2.75) is 27.2 Å². The number of morpholine rings is 1. The van der Waals surface area contributed by atoms with Crippen LogP contribution in [0, 0.1) is 5.92 Å². The third-order valence-corrected chi connectivity index (χ3v) is 2.98.